The topological polar surface area (TPSA) is 97.4 Å². The van der Waals surface area contributed by atoms with Crippen LogP contribution in [0.2, 0.25) is 0 Å². The number of halogens is 1. The van der Waals surface area contributed by atoms with E-state index in [2.05, 4.69) is 15.3 Å². The van der Waals surface area contributed by atoms with E-state index in [1.54, 1.807) is 36.7 Å². The van der Waals surface area contributed by atoms with Gasteiger partial charge in [0.15, 0.2) is 5.96 Å². The molecule has 0 fully saturated rings. The molecule has 6 nitrogen and oxygen atoms in total. The maximum atomic E-state index is 13.4. The molecule has 3 rings (SSSR count). The Morgan fingerprint density at radius 3 is 2.36 bits per heavy atom. The van der Waals surface area contributed by atoms with E-state index in [-0.39, 0.29) is 21.3 Å². The molecule has 0 atom stereocenters. The fourth-order valence-corrected chi connectivity index (χ4v) is 3.84. The van der Waals surface area contributed by atoms with Gasteiger partial charge in [0, 0.05) is 18.1 Å². The summed E-state index contributed by atoms with van der Waals surface area (Å²) in [5.41, 5.74) is 7.70. The third-order valence-electron chi connectivity index (χ3n) is 4.06. The Morgan fingerprint density at radius 2 is 1.71 bits per heavy atom. The second-order valence-corrected chi connectivity index (χ2v) is 8.07. The van der Waals surface area contributed by atoms with Crippen LogP contribution in [0.15, 0.2) is 81.8 Å². The van der Waals surface area contributed by atoms with Crippen LogP contribution in [0.5, 0.6) is 0 Å². The van der Waals surface area contributed by atoms with Crippen LogP contribution in [-0.2, 0) is 16.4 Å². The first-order valence-corrected chi connectivity index (χ1v) is 9.92. The van der Waals surface area contributed by atoms with Crippen molar-refractivity contribution in [3.63, 3.8) is 0 Å². The van der Waals surface area contributed by atoms with Gasteiger partial charge in [-0.2, -0.15) is 0 Å². The lowest BCUT2D eigenvalue weighted by Gasteiger charge is -2.08. The fourth-order valence-electron chi connectivity index (χ4n) is 2.49. The number of hydrogen-bond donors (Lipinski definition) is 2. The first-order chi connectivity index (χ1) is 13.4. The van der Waals surface area contributed by atoms with Crippen molar-refractivity contribution in [1.82, 2.24) is 4.98 Å². The van der Waals surface area contributed by atoms with Crippen LogP contribution in [0.3, 0.4) is 0 Å². The molecule has 0 bridgehead atoms. The quantitative estimate of drug-likeness (QED) is 0.390. The summed E-state index contributed by atoms with van der Waals surface area (Å²) in [6.07, 6.45) is 3.27. The van der Waals surface area contributed by atoms with Gasteiger partial charge in [-0.05, 0) is 60.5 Å². The molecule has 3 aromatic rings. The summed E-state index contributed by atoms with van der Waals surface area (Å²) in [6.45, 7) is 1.82. The lowest BCUT2D eigenvalue weighted by Crippen LogP contribution is -2.22. The molecule has 8 heteroatoms. The molecule has 0 amide bonds. The minimum atomic E-state index is -3.71. The summed E-state index contributed by atoms with van der Waals surface area (Å²) in [5, 5.41) is 2.94. The maximum absolute atomic E-state index is 13.4. The Hall–Kier alpha value is -3.26. The number of hydrogen-bond acceptors (Lipinski definition) is 4. The Morgan fingerprint density at radius 1 is 1.07 bits per heavy atom. The molecule has 1 aromatic heterocycles. The van der Waals surface area contributed by atoms with E-state index in [4.69, 9.17) is 5.73 Å². The van der Waals surface area contributed by atoms with Crippen LogP contribution in [-0.4, -0.2) is 19.4 Å². The number of pyridine rings is 1. The Kier molecular flexibility index (Phi) is 5.70. The van der Waals surface area contributed by atoms with Gasteiger partial charge in [0.05, 0.1) is 16.3 Å². The number of nitrogens with two attached hydrogens (primary N) is 1. The first-order valence-electron chi connectivity index (χ1n) is 8.43. The molecular formula is C20H19FN4O2S. The number of nitrogens with one attached hydrogen (secondary N) is 1. The number of rotatable bonds is 5. The van der Waals surface area contributed by atoms with Gasteiger partial charge in [0.2, 0.25) is 9.84 Å². The van der Waals surface area contributed by atoms with E-state index >= 15 is 0 Å². The zero-order valence-corrected chi connectivity index (χ0v) is 15.9. The Balaban J connectivity index is 1.72. The van der Waals surface area contributed by atoms with Crippen molar-refractivity contribution in [2.45, 2.75) is 23.3 Å². The Labute approximate surface area is 162 Å². The highest BCUT2D eigenvalue weighted by molar-refractivity contribution is 7.91. The van der Waals surface area contributed by atoms with E-state index in [9.17, 15) is 12.8 Å². The summed E-state index contributed by atoms with van der Waals surface area (Å²) < 4.78 is 38.8. The van der Waals surface area contributed by atoms with Gasteiger partial charge in [0.1, 0.15) is 5.82 Å². The standard InChI is InChI=1S/C20H19FN4O2S/c1-14-12-18(6-7-19(14)21)28(26,27)17-4-2-15(3-5-17)13-24-20(22)25-16-8-10-23-11-9-16/h2-12H,13H2,1H3,(H3,22,23,24,25). The number of sulfone groups is 1. The molecule has 0 radical (unpaired) electrons. The lowest BCUT2D eigenvalue weighted by atomic mass is 10.2. The fraction of sp³-hybridized carbons (Fsp3) is 0.100. The maximum Gasteiger partial charge on any atom is 0.206 e. The van der Waals surface area contributed by atoms with Crippen LogP contribution < -0.4 is 11.1 Å². The summed E-state index contributed by atoms with van der Waals surface area (Å²) in [5.74, 6) is -0.199. The molecule has 2 aromatic carbocycles. The second kappa shape index (κ2) is 8.18. The largest absolute Gasteiger partial charge is 0.370 e. The molecule has 0 spiro atoms. The summed E-state index contributed by atoms with van der Waals surface area (Å²) in [4.78, 5) is 8.34. The van der Waals surface area contributed by atoms with Gasteiger partial charge in [-0.15, -0.1) is 0 Å². The van der Waals surface area contributed by atoms with E-state index in [0.717, 1.165) is 17.3 Å². The van der Waals surface area contributed by atoms with Crippen molar-refractivity contribution in [3.8, 4) is 0 Å². The van der Waals surface area contributed by atoms with Gasteiger partial charge in [-0.1, -0.05) is 12.1 Å². The highest BCUT2D eigenvalue weighted by Crippen LogP contribution is 2.23. The van der Waals surface area contributed by atoms with Crippen LogP contribution in [0.25, 0.3) is 0 Å². The highest BCUT2D eigenvalue weighted by Gasteiger charge is 2.18. The van der Waals surface area contributed by atoms with Crippen molar-refractivity contribution < 1.29 is 12.8 Å². The third kappa shape index (κ3) is 4.52. The number of guanidine groups is 1. The van der Waals surface area contributed by atoms with E-state index < -0.39 is 15.7 Å². The zero-order chi connectivity index (χ0) is 20.1. The van der Waals surface area contributed by atoms with Crippen LogP contribution >= 0.6 is 0 Å². The zero-order valence-electron chi connectivity index (χ0n) is 15.1. The first kappa shape index (κ1) is 19.5. The van der Waals surface area contributed by atoms with Crippen molar-refractivity contribution in [2.75, 3.05) is 5.32 Å². The molecule has 0 saturated heterocycles. The monoisotopic (exact) mass is 398 g/mol. The van der Waals surface area contributed by atoms with Gasteiger partial charge in [-0.3, -0.25) is 4.98 Å². The lowest BCUT2D eigenvalue weighted by molar-refractivity contribution is 0.593. The van der Waals surface area contributed by atoms with Gasteiger partial charge in [0.25, 0.3) is 0 Å². The minimum absolute atomic E-state index is 0.0583. The number of aromatic nitrogens is 1. The smallest absolute Gasteiger partial charge is 0.206 e. The van der Waals surface area contributed by atoms with E-state index in [0.29, 0.717) is 6.54 Å². The van der Waals surface area contributed by atoms with E-state index in [1.807, 2.05) is 0 Å². The SMILES string of the molecule is Cc1cc(S(=O)(=O)c2ccc(CN=C(N)Nc3ccncc3)cc2)ccc1F. The predicted molar refractivity (Wildman–Crippen MR) is 106 cm³/mol. The second-order valence-electron chi connectivity index (χ2n) is 6.12. The van der Waals surface area contributed by atoms with Crippen molar-refractivity contribution >= 4 is 21.5 Å². The highest BCUT2D eigenvalue weighted by atomic mass is 32.2. The molecule has 3 N–H and O–H groups in total. The summed E-state index contributed by atoms with van der Waals surface area (Å²) in [6, 6.07) is 13.6. The molecule has 144 valence electrons. The van der Waals surface area contributed by atoms with Gasteiger partial charge < -0.3 is 11.1 Å². The average molecular weight is 398 g/mol. The number of aliphatic imine (C=N–C) groups is 1. The van der Waals surface area contributed by atoms with Gasteiger partial charge >= 0.3 is 0 Å². The normalized spacial score (nSPS) is 12.0. The molecule has 28 heavy (non-hydrogen) atoms. The molecule has 1 heterocycles. The number of aryl methyl sites for hydroxylation is 1. The average Bonchev–Trinajstić information content (AvgIpc) is 2.69. The number of anilines is 1. The molecular weight excluding hydrogens is 379 g/mol. The molecule has 0 aliphatic carbocycles. The van der Waals surface area contributed by atoms with Crippen LogP contribution in [0.1, 0.15) is 11.1 Å². The van der Waals surface area contributed by atoms with Crippen molar-refractivity contribution in [1.29, 1.82) is 0 Å². The van der Waals surface area contributed by atoms with Crippen molar-refractivity contribution in [2.24, 2.45) is 10.7 Å². The van der Waals surface area contributed by atoms with Crippen molar-refractivity contribution in [3.05, 3.63) is 83.9 Å². The number of nitrogens with zero attached hydrogens (tertiary/aromatic N) is 2. The van der Waals surface area contributed by atoms with Crippen LogP contribution in [0.4, 0.5) is 10.1 Å². The predicted octanol–water partition coefficient (Wildman–Crippen LogP) is 3.29. The number of benzene rings is 2. The third-order valence-corrected chi connectivity index (χ3v) is 5.83. The Bertz CT molecular complexity index is 1100. The van der Waals surface area contributed by atoms with Gasteiger partial charge in [-0.25, -0.2) is 17.8 Å². The van der Waals surface area contributed by atoms with Crippen LogP contribution in [0, 0.1) is 12.7 Å². The molecule has 0 unspecified atom stereocenters. The summed E-state index contributed by atoms with van der Waals surface area (Å²) >= 11 is 0. The molecule has 0 aliphatic heterocycles. The molecule has 0 saturated carbocycles. The molecule has 0 aliphatic rings. The minimum Gasteiger partial charge on any atom is -0.370 e. The van der Waals surface area contributed by atoms with E-state index in [1.165, 1.54) is 31.2 Å². The summed E-state index contributed by atoms with van der Waals surface area (Å²) in [7, 11) is -3.71.